The first-order chi connectivity index (χ1) is 8.82. The van der Waals surface area contributed by atoms with E-state index in [9.17, 15) is 14.7 Å². The molecule has 0 radical (unpaired) electrons. The van der Waals surface area contributed by atoms with Crippen molar-refractivity contribution in [1.82, 2.24) is 9.80 Å². The lowest BCUT2D eigenvalue weighted by atomic mass is 10.00. The summed E-state index contributed by atoms with van der Waals surface area (Å²) < 4.78 is 0. The predicted molar refractivity (Wildman–Crippen MR) is 74.0 cm³/mol. The van der Waals surface area contributed by atoms with Gasteiger partial charge in [-0.15, -0.1) is 0 Å². The fourth-order valence-electron chi connectivity index (χ4n) is 2.46. The standard InChI is InChI=1S/C14H26N2O3/c1-5-6-9-15(4)14(2,3)13(19)16-10-7-8-11(16)12(17)18/h11H,5-10H2,1-4H3,(H,17,18). The number of carbonyl (C=O) groups is 2. The molecule has 1 rings (SSSR count). The number of likely N-dealkylation sites (N-methyl/N-ethyl adjacent to an activating group) is 1. The summed E-state index contributed by atoms with van der Waals surface area (Å²) in [5.41, 5.74) is -0.646. The van der Waals surface area contributed by atoms with E-state index in [1.54, 1.807) is 0 Å². The number of amides is 1. The van der Waals surface area contributed by atoms with Gasteiger partial charge in [0.2, 0.25) is 5.91 Å². The molecule has 1 N–H and O–H groups in total. The molecular weight excluding hydrogens is 244 g/mol. The minimum Gasteiger partial charge on any atom is -0.480 e. The molecule has 5 nitrogen and oxygen atoms in total. The van der Waals surface area contributed by atoms with E-state index in [1.807, 2.05) is 25.8 Å². The SMILES string of the molecule is CCCCN(C)C(C)(C)C(=O)N1CCCC1C(=O)O. The number of likely N-dealkylation sites (tertiary alicyclic amines) is 1. The van der Waals surface area contributed by atoms with Crippen LogP contribution in [0.5, 0.6) is 0 Å². The molecule has 0 aliphatic carbocycles. The maximum atomic E-state index is 12.6. The Hall–Kier alpha value is -1.10. The van der Waals surface area contributed by atoms with Crippen LogP contribution < -0.4 is 0 Å². The van der Waals surface area contributed by atoms with Crippen molar-refractivity contribution in [2.45, 2.75) is 58.0 Å². The molecular formula is C14H26N2O3. The van der Waals surface area contributed by atoms with Crippen LogP contribution in [0.4, 0.5) is 0 Å². The van der Waals surface area contributed by atoms with Crippen LogP contribution in [0, 0.1) is 0 Å². The molecule has 1 saturated heterocycles. The number of carboxylic acid groups (broad SMARTS) is 1. The van der Waals surface area contributed by atoms with Crippen molar-refractivity contribution in [2.24, 2.45) is 0 Å². The topological polar surface area (TPSA) is 60.9 Å². The fraction of sp³-hybridized carbons (Fsp3) is 0.857. The molecule has 0 aromatic heterocycles. The molecule has 1 heterocycles. The molecule has 1 atom stereocenters. The average Bonchev–Trinajstić information content (AvgIpc) is 2.83. The summed E-state index contributed by atoms with van der Waals surface area (Å²) in [4.78, 5) is 27.3. The molecule has 0 aromatic rings. The van der Waals surface area contributed by atoms with Crippen LogP contribution in [0.25, 0.3) is 0 Å². The van der Waals surface area contributed by atoms with Crippen molar-refractivity contribution in [2.75, 3.05) is 20.1 Å². The Morgan fingerprint density at radius 1 is 1.42 bits per heavy atom. The van der Waals surface area contributed by atoms with E-state index < -0.39 is 17.6 Å². The molecule has 1 unspecified atom stereocenters. The second-order valence-electron chi connectivity index (χ2n) is 5.83. The molecule has 0 saturated carbocycles. The van der Waals surface area contributed by atoms with Crippen LogP contribution in [0.1, 0.15) is 46.5 Å². The number of unbranched alkanes of at least 4 members (excludes halogenated alkanes) is 1. The van der Waals surface area contributed by atoms with Gasteiger partial charge in [-0.1, -0.05) is 13.3 Å². The summed E-state index contributed by atoms with van der Waals surface area (Å²) in [6.07, 6.45) is 3.46. The molecule has 1 aliphatic heterocycles. The smallest absolute Gasteiger partial charge is 0.326 e. The van der Waals surface area contributed by atoms with Gasteiger partial charge in [0.05, 0.1) is 5.54 Å². The van der Waals surface area contributed by atoms with Crippen molar-refractivity contribution < 1.29 is 14.7 Å². The highest BCUT2D eigenvalue weighted by Crippen LogP contribution is 2.24. The average molecular weight is 270 g/mol. The third kappa shape index (κ3) is 3.47. The van der Waals surface area contributed by atoms with E-state index in [0.29, 0.717) is 13.0 Å². The third-order valence-corrected chi connectivity index (χ3v) is 4.12. The molecule has 1 amide bonds. The maximum absolute atomic E-state index is 12.6. The van der Waals surface area contributed by atoms with E-state index >= 15 is 0 Å². The lowest BCUT2D eigenvalue weighted by Gasteiger charge is -2.38. The summed E-state index contributed by atoms with van der Waals surface area (Å²) in [6, 6.07) is -0.647. The largest absolute Gasteiger partial charge is 0.480 e. The maximum Gasteiger partial charge on any atom is 0.326 e. The van der Waals surface area contributed by atoms with Crippen LogP contribution in [-0.4, -0.2) is 58.5 Å². The van der Waals surface area contributed by atoms with Crippen molar-refractivity contribution in [3.63, 3.8) is 0 Å². The fourth-order valence-corrected chi connectivity index (χ4v) is 2.46. The minimum atomic E-state index is -0.891. The van der Waals surface area contributed by atoms with Gasteiger partial charge in [-0.3, -0.25) is 9.69 Å². The zero-order chi connectivity index (χ0) is 14.6. The number of carboxylic acids is 1. The predicted octanol–water partition coefficient (Wildman–Crippen LogP) is 1.57. The normalized spacial score (nSPS) is 20.1. The first-order valence-electron chi connectivity index (χ1n) is 7.07. The molecule has 110 valence electrons. The first-order valence-corrected chi connectivity index (χ1v) is 7.07. The summed E-state index contributed by atoms with van der Waals surface area (Å²) in [6.45, 7) is 7.27. The molecule has 5 heteroatoms. The van der Waals surface area contributed by atoms with Crippen molar-refractivity contribution in [3.05, 3.63) is 0 Å². The molecule has 1 fully saturated rings. The van der Waals surface area contributed by atoms with E-state index in [-0.39, 0.29) is 5.91 Å². The van der Waals surface area contributed by atoms with Crippen molar-refractivity contribution >= 4 is 11.9 Å². The van der Waals surface area contributed by atoms with Gasteiger partial charge in [-0.2, -0.15) is 0 Å². The highest BCUT2D eigenvalue weighted by Gasteiger charge is 2.42. The Morgan fingerprint density at radius 2 is 2.05 bits per heavy atom. The Bertz CT molecular complexity index is 342. The van der Waals surface area contributed by atoms with Crippen LogP contribution in [-0.2, 0) is 9.59 Å². The first kappa shape index (κ1) is 16.0. The van der Waals surface area contributed by atoms with E-state index in [0.717, 1.165) is 25.8 Å². The Balaban J connectivity index is 2.76. The van der Waals surface area contributed by atoms with Gasteiger partial charge in [0.25, 0.3) is 0 Å². The highest BCUT2D eigenvalue weighted by molar-refractivity contribution is 5.90. The number of hydrogen-bond acceptors (Lipinski definition) is 3. The lowest BCUT2D eigenvalue weighted by molar-refractivity contribution is -0.153. The second-order valence-corrected chi connectivity index (χ2v) is 5.83. The van der Waals surface area contributed by atoms with Crippen molar-refractivity contribution in [3.8, 4) is 0 Å². The number of aliphatic carboxylic acids is 1. The molecule has 0 aromatic carbocycles. The number of nitrogens with zero attached hydrogens (tertiary/aromatic N) is 2. The number of carbonyl (C=O) groups excluding carboxylic acids is 1. The molecule has 0 spiro atoms. The van der Waals surface area contributed by atoms with Crippen molar-refractivity contribution in [1.29, 1.82) is 0 Å². The quantitative estimate of drug-likeness (QED) is 0.796. The summed E-state index contributed by atoms with van der Waals surface area (Å²) in [5.74, 6) is -0.964. The van der Waals surface area contributed by atoms with Gasteiger partial charge < -0.3 is 10.0 Å². The van der Waals surface area contributed by atoms with E-state index in [1.165, 1.54) is 4.90 Å². The Morgan fingerprint density at radius 3 is 2.58 bits per heavy atom. The van der Waals surface area contributed by atoms with Crippen LogP contribution in [0.2, 0.25) is 0 Å². The van der Waals surface area contributed by atoms with Crippen LogP contribution in [0.15, 0.2) is 0 Å². The molecule has 1 aliphatic rings. The molecule has 0 bridgehead atoms. The van der Waals surface area contributed by atoms with Gasteiger partial charge in [-0.05, 0) is 46.7 Å². The van der Waals surface area contributed by atoms with Crippen LogP contribution >= 0.6 is 0 Å². The van der Waals surface area contributed by atoms with Crippen LogP contribution in [0.3, 0.4) is 0 Å². The molecule has 19 heavy (non-hydrogen) atoms. The lowest BCUT2D eigenvalue weighted by Crippen LogP contribution is -2.57. The number of rotatable bonds is 6. The third-order valence-electron chi connectivity index (χ3n) is 4.12. The monoisotopic (exact) mass is 270 g/mol. The van der Waals surface area contributed by atoms with Gasteiger partial charge in [0.1, 0.15) is 6.04 Å². The zero-order valence-corrected chi connectivity index (χ0v) is 12.5. The van der Waals surface area contributed by atoms with Gasteiger partial charge >= 0.3 is 5.97 Å². The summed E-state index contributed by atoms with van der Waals surface area (Å²) >= 11 is 0. The Labute approximate surface area is 115 Å². The number of hydrogen-bond donors (Lipinski definition) is 1. The van der Waals surface area contributed by atoms with E-state index in [4.69, 9.17) is 0 Å². The highest BCUT2D eigenvalue weighted by atomic mass is 16.4. The zero-order valence-electron chi connectivity index (χ0n) is 12.5. The summed E-state index contributed by atoms with van der Waals surface area (Å²) in [5, 5.41) is 9.17. The van der Waals surface area contributed by atoms with Gasteiger partial charge in [0.15, 0.2) is 0 Å². The van der Waals surface area contributed by atoms with Gasteiger partial charge in [0, 0.05) is 6.54 Å². The summed E-state index contributed by atoms with van der Waals surface area (Å²) in [7, 11) is 1.93. The second kappa shape index (κ2) is 6.37. The van der Waals surface area contributed by atoms with Gasteiger partial charge in [-0.25, -0.2) is 4.79 Å². The minimum absolute atomic E-state index is 0.0731. The van der Waals surface area contributed by atoms with E-state index in [2.05, 4.69) is 6.92 Å². The Kier molecular flexibility index (Phi) is 5.35.